The minimum Gasteiger partial charge on any atom is -0.379 e. The molecular formula is C17H23N3O4S. The van der Waals surface area contributed by atoms with Crippen molar-refractivity contribution in [3.8, 4) is 0 Å². The molecular weight excluding hydrogens is 342 g/mol. The molecule has 1 aliphatic rings. The number of aromatic nitrogens is 2. The summed E-state index contributed by atoms with van der Waals surface area (Å²) in [5.41, 5.74) is 1.52. The van der Waals surface area contributed by atoms with Gasteiger partial charge in [-0.05, 0) is 18.9 Å². The van der Waals surface area contributed by atoms with Gasteiger partial charge in [-0.2, -0.15) is 5.10 Å². The molecule has 1 aromatic carbocycles. The molecule has 1 aromatic heterocycles. The number of hydrogen-bond acceptors (Lipinski definition) is 5. The summed E-state index contributed by atoms with van der Waals surface area (Å²) in [7, 11) is -1.95. The SMILES string of the molecule is Cc1nn(C)cc1S(=O)(=O)N[C@@H]1CCOC[C@H]1OCc1ccccc1. The van der Waals surface area contributed by atoms with E-state index in [1.165, 1.54) is 10.9 Å². The second-order valence-electron chi connectivity index (χ2n) is 6.18. The third-order valence-corrected chi connectivity index (χ3v) is 5.77. The third kappa shape index (κ3) is 4.46. The second-order valence-corrected chi connectivity index (χ2v) is 7.86. The highest BCUT2D eigenvalue weighted by Crippen LogP contribution is 2.19. The van der Waals surface area contributed by atoms with Gasteiger partial charge in [0.15, 0.2) is 0 Å². The first kappa shape index (κ1) is 18.1. The summed E-state index contributed by atoms with van der Waals surface area (Å²) in [6.45, 7) is 2.97. The van der Waals surface area contributed by atoms with Crippen molar-refractivity contribution in [3.63, 3.8) is 0 Å². The Morgan fingerprint density at radius 1 is 1.36 bits per heavy atom. The highest BCUT2D eigenvalue weighted by molar-refractivity contribution is 7.89. The second kappa shape index (κ2) is 7.65. The highest BCUT2D eigenvalue weighted by Gasteiger charge is 2.32. The van der Waals surface area contributed by atoms with Crippen LogP contribution in [-0.4, -0.2) is 43.6 Å². The lowest BCUT2D eigenvalue weighted by molar-refractivity contribution is -0.0711. The van der Waals surface area contributed by atoms with Crippen molar-refractivity contribution in [1.29, 1.82) is 0 Å². The molecule has 25 heavy (non-hydrogen) atoms. The van der Waals surface area contributed by atoms with Crippen LogP contribution in [0.3, 0.4) is 0 Å². The predicted octanol–water partition coefficient (Wildman–Crippen LogP) is 1.38. The Balaban J connectivity index is 1.69. The van der Waals surface area contributed by atoms with Crippen molar-refractivity contribution < 1.29 is 17.9 Å². The number of nitrogens with one attached hydrogen (secondary N) is 1. The van der Waals surface area contributed by atoms with Gasteiger partial charge in [-0.25, -0.2) is 13.1 Å². The summed E-state index contributed by atoms with van der Waals surface area (Å²) in [6, 6.07) is 9.45. The lowest BCUT2D eigenvalue weighted by atomic mass is 10.1. The van der Waals surface area contributed by atoms with Gasteiger partial charge in [0.25, 0.3) is 0 Å². The molecule has 0 saturated carbocycles. The molecule has 0 amide bonds. The maximum atomic E-state index is 12.7. The molecule has 1 aliphatic heterocycles. The van der Waals surface area contributed by atoms with Crippen molar-refractivity contribution in [2.75, 3.05) is 13.2 Å². The minimum atomic E-state index is -3.65. The Morgan fingerprint density at radius 2 is 2.12 bits per heavy atom. The molecule has 1 saturated heterocycles. The first-order valence-electron chi connectivity index (χ1n) is 8.21. The molecule has 3 rings (SSSR count). The van der Waals surface area contributed by atoms with Crippen LogP contribution < -0.4 is 4.72 Å². The van der Waals surface area contributed by atoms with Crippen LogP contribution in [0, 0.1) is 6.92 Å². The van der Waals surface area contributed by atoms with Gasteiger partial charge in [-0.1, -0.05) is 30.3 Å². The van der Waals surface area contributed by atoms with Crippen LogP contribution >= 0.6 is 0 Å². The Bertz CT molecular complexity index is 805. The maximum absolute atomic E-state index is 12.7. The fourth-order valence-corrected chi connectivity index (χ4v) is 4.41. The first-order valence-corrected chi connectivity index (χ1v) is 9.70. The van der Waals surface area contributed by atoms with Crippen LogP contribution in [0.1, 0.15) is 17.7 Å². The summed E-state index contributed by atoms with van der Waals surface area (Å²) in [5.74, 6) is 0. The highest BCUT2D eigenvalue weighted by atomic mass is 32.2. The van der Waals surface area contributed by atoms with E-state index in [0.717, 1.165) is 5.56 Å². The van der Waals surface area contributed by atoms with Gasteiger partial charge in [-0.3, -0.25) is 4.68 Å². The first-order chi connectivity index (χ1) is 12.0. The van der Waals surface area contributed by atoms with Crippen LogP contribution in [0.5, 0.6) is 0 Å². The molecule has 1 fully saturated rings. The van der Waals surface area contributed by atoms with Gasteiger partial charge in [-0.15, -0.1) is 0 Å². The zero-order valence-electron chi connectivity index (χ0n) is 14.4. The van der Waals surface area contributed by atoms with Gasteiger partial charge in [0, 0.05) is 19.9 Å². The Labute approximate surface area is 148 Å². The minimum absolute atomic E-state index is 0.198. The van der Waals surface area contributed by atoms with Gasteiger partial charge in [0.05, 0.1) is 31.1 Å². The molecule has 7 nitrogen and oxygen atoms in total. The molecule has 136 valence electrons. The van der Waals surface area contributed by atoms with E-state index in [4.69, 9.17) is 9.47 Å². The number of benzene rings is 1. The Kier molecular flexibility index (Phi) is 5.53. The number of nitrogens with zero attached hydrogens (tertiary/aromatic N) is 2. The molecule has 0 spiro atoms. The van der Waals surface area contributed by atoms with E-state index in [2.05, 4.69) is 9.82 Å². The molecule has 0 bridgehead atoms. The van der Waals surface area contributed by atoms with E-state index in [1.54, 1.807) is 14.0 Å². The van der Waals surface area contributed by atoms with Crippen LogP contribution in [0.15, 0.2) is 41.4 Å². The lowest BCUT2D eigenvalue weighted by Gasteiger charge is -2.31. The van der Waals surface area contributed by atoms with Crippen LogP contribution in [0.25, 0.3) is 0 Å². The van der Waals surface area contributed by atoms with E-state index < -0.39 is 10.0 Å². The molecule has 2 heterocycles. The molecule has 0 aliphatic carbocycles. The molecule has 0 unspecified atom stereocenters. The van der Waals surface area contributed by atoms with E-state index >= 15 is 0 Å². The summed E-state index contributed by atoms with van der Waals surface area (Å²) in [5, 5.41) is 4.11. The van der Waals surface area contributed by atoms with E-state index in [-0.39, 0.29) is 17.0 Å². The smallest absolute Gasteiger partial charge is 0.244 e. The average molecular weight is 365 g/mol. The van der Waals surface area contributed by atoms with Crippen molar-refractivity contribution in [2.45, 2.75) is 37.0 Å². The summed E-state index contributed by atoms with van der Waals surface area (Å²) in [4.78, 5) is 0.198. The molecule has 0 radical (unpaired) electrons. The predicted molar refractivity (Wildman–Crippen MR) is 92.5 cm³/mol. The van der Waals surface area contributed by atoms with Crippen LogP contribution in [-0.2, 0) is 33.2 Å². The zero-order valence-corrected chi connectivity index (χ0v) is 15.2. The lowest BCUT2D eigenvalue weighted by Crippen LogP contribution is -2.49. The molecule has 8 heteroatoms. The van der Waals surface area contributed by atoms with Crippen LogP contribution in [0.2, 0.25) is 0 Å². The topological polar surface area (TPSA) is 82.5 Å². The quantitative estimate of drug-likeness (QED) is 0.836. The number of rotatable bonds is 6. The van der Waals surface area contributed by atoms with Crippen LogP contribution in [0.4, 0.5) is 0 Å². The van der Waals surface area contributed by atoms with Crippen molar-refractivity contribution >= 4 is 10.0 Å². The van der Waals surface area contributed by atoms with Crippen molar-refractivity contribution in [2.24, 2.45) is 7.05 Å². The molecule has 1 N–H and O–H groups in total. The maximum Gasteiger partial charge on any atom is 0.244 e. The fourth-order valence-electron chi connectivity index (χ4n) is 2.89. The van der Waals surface area contributed by atoms with E-state index in [1.807, 2.05) is 30.3 Å². The van der Waals surface area contributed by atoms with E-state index in [0.29, 0.717) is 31.9 Å². The summed E-state index contributed by atoms with van der Waals surface area (Å²) >= 11 is 0. The number of aryl methyl sites for hydroxylation is 2. The van der Waals surface area contributed by atoms with Gasteiger partial charge in [0.1, 0.15) is 4.90 Å². The molecule has 2 atom stereocenters. The van der Waals surface area contributed by atoms with Gasteiger partial charge >= 0.3 is 0 Å². The number of sulfonamides is 1. The normalized spacial score (nSPS) is 21.4. The summed E-state index contributed by atoms with van der Waals surface area (Å²) in [6.07, 6.45) is 1.75. The largest absolute Gasteiger partial charge is 0.379 e. The zero-order chi connectivity index (χ0) is 17.9. The fraction of sp³-hybridized carbons (Fsp3) is 0.471. The monoisotopic (exact) mass is 365 g/mol. The number of hydrogen-bond donors (Lipinski definition) is 1. The standard InChI is InChI=1S/C17H23N3O4S/c1-13-17(10-20(2)18-13)25(21,22)19-15-8-9-23-12-16(15)24-11-14-6-4-3-5-7-14/h3-7,10,15-16,19H,8-9,11-12H2,1-2H3/t15-,16-/m1/s1. The third-order valence-electron chi connectivity index (χ3n) is 4.18. The number of ether oxygens (including phenoxy) is 2. The van der Waals surface area contributed by atoms with Gasteiger partial charge < -0.3 is 9.47 Å². The Morgan fingerprint density at radius 3 is 2.80 bits per heavy atom. The van der Waals surface area contributed by atoms with Gasteiger partial charge in [0.2, 0.25) is 10.0 Å². The van der Waals surface area contributed by atoms with Crippen molar-refractivity contribution in [1.82, 2.24) is 14.5 Å². The Hall–Kier alpha value is -1.74. The average Bonchev–Trinajstić information content (AvgIpc) is 2.94. The molecule has 2 aromatic rings. The summed E-state index contributed by atoms with van der Waals surface area (Å²) < 4.78 is 41.0. The van der Waals surface area contributed by atoms with Crippen molar-refractivity contribution in [3.05, 3.63) is 47.8 Å². The van der Waals surface area contributed by atoms with E-state index in [9.17, 15) is 8.42 Å².